The molecule has 1 aromatic carbocycles. The average molecular weight is 336 g/mol. The molecular formula is C14H14BrN3S. The summed E-state index contributed by atoms with van der Waals surface area (Å²) in [4.78, 5) is 4.72. The quantitative estimate of drug-likeness (QED) is 0.841. The number of nitrogens with two attached hydrogens (primary N) is 1. The maximum Gasteiger partial charge on any atom is 0.107 e. The van der Waals surface area contributed by atoms with Crippen molar-refractivity contribution in [3.05, 3.63) is 57.8 Å². The number of rotatable bonds is 4. The summed E-state index contributed by atoms with van der Waals surface area (Å²) in [6.07, 6.45) is 1.79. The van der Waals surface area contributed by atoms with E-state index in [0.29, 0.717) is 11.5 Å². The van der Waals surface area contributed by atoms with Gasteiger partial charge in [0.05, 0.1) is 12.2 Å². The number of hydrogen-bond donors (Lipinski definition) is 2. The summed E-state index contributed by atoms with van der Waals surface area (Å²) in [6.45, 7) is 2.68. The molecule has 3 nitrogen and oxygen atoms in total. The largest absolute Gasteiger partial charge is 0.389 e. The van der Waals surface area contributed by atoms with Crippen molar-refractivity contribution < 1.29 is 0 Å². The molecule has 0 saturated carbocycles. The van der Waals surface area contributed by atoms with Gasteiger partial charge in [-0.25, -0.2) is 0 Å². The van der Waals surface area contributed by atoms with E-state index in [9.17, 15) is 0 Å². The summed E-state index contributed by atoms with van der Waals surface area (Å²) in [6, 6.07) is 9.79. The van der Waals surface area contributed by atoms with E-state index in [-0.39, 0.29) is 0 Å². The van der Waals surface area contributed by atoms with Crippen molar-refractivity contribution in [2.45, 2.75) is 13.5 Å². The Morgan fingerprint density at radius 2 is 2.16 bits per heavy atom. The van der Waals surface area contributed by atoms with Gasteiger partial charge in [-0.1, -0.05) is 24.4 Å². The van der Waals surface area contributed by atoms with Crippen LogP contribution in [0.25, 0.3) is 0 Å². The topological polar surface area (TPSA) is 50.9 Å². The van der Waals surface area contributed by atoms with Gasteiger partial charge in [-0.05, 0) is 46.6 Å². The lowest BCUT2D eigenvalue weighted by Gasteiger charge is -2.13. The monoisotopic (exact) mass is 335 g/mol. The Morgan fingerprint density at radius 1 is 1.37 bits per heavy atom. The number of aromatic nitrogens is 1. The van der Waals surface area contributed by atoms with Gasteiger partial charge in [-0.2, -0.15) is 0 Å². The van der Waals surface area contributed by atoms with Gasteiger partial charge in [0, 0.05) is 21.9 Å². The Morgan fingerprint density at radius 3 is 2.84 bits per heavy atom. The first-order valence-corrected chi connectivity index (χ1v) is 7.02. The van der Waals surface area contributed by atoms with E-state index in [1.54, 1.807) is 6.20 Å². The molecule has 2 aromatic rings. The lowest BCUT2D eigenvalue weighted by molar-refractivity contribution is 1.02. The first kappa shape index (κ1) is 14.0. The molecule has 1 aromatic heterocycles. The van der Waals surface area contributed by atoms with E-state index in [4.69, 9.17) is 18.0 Å². The number of anilines is 1. The highest BCUT2D eigenvalue weighted by molar-refractivity contribution is 9.10. The summed E-state index contributed by atoms with van der Waals surface area (Å²) in [5, 5.41) is 3.33. The molecule has 0 aliphatic carbocycles. The van der Waals surface area contributed by atoms with Crippen LogP contribution in [-0.2, 0) is 6.54 Å². The smallest absolute Gasteiger partial charge is 0.107 e. The van der Waals surface area contributed by atoms with Crippen LogP contribution in [0.15, 0.2) is 41.0 Å². The lowest BCUT2D eigenvalue weighted by Crippen LogP contribution is -2.14. The molecule has 0 fully saturated rings. The number of halogens is 1. The summed E-state index contributed by atoms with van der Waals surface area (Å²) >= 11 is 8.55. The van der Waals surface area contributed by atoms with E-state index in [1.165, 1.54) is 0 Å². The molecule has 3 N–H and O–H groups in total. The molecule has 1 heterocycles. The predicted molar refractivity (Wildman–Crippen MR) is 86.3 cm³/mol. The van der Waals surface area contributed by atoms with Crippen LogP contribution in [0.4, 0.5) is 5.69 Å². The number of pyridine rings is 1. The molecule has 0 unspecified atom stereocenters. The van der Waals surface area contributed by atoms with Crippen molar-refractivity contribution in [2.75, 3.05) is 5.32 Å². The molecule has 0 amide bonds. The molecule has 2 rings (SSSR count). The highest BCUT2D eigenvalue weighted by atomic mass is 79.9. The van der Waals surface area contributed by atoms with Crippen molar-refractivity contribution in [2.24, 2.45) is 5.73 Å². The van der Waals surface area contributed by atoms with Gasteiger partial charge in [0.25, 0.3) is 0 Å². The molecule has 0 spiro atoms. The van der Waals surface area contributed by atoms with Gasteiger partial charge < -0.3 is 11.1 Å². The SMILES string of the molecule is Cc1cccnc1CNc1cccc(Br)c1C(N)=S. The Bertz CT molecular complexity index is 613. The van der Waals surface area contributed by atoms with Crippen LogP contribution in [0.5, 0.6) is 0 Å². The van der Waals surface area contributed by atoms with Crippen molar-refractivity contribution in [3.8, 4) is 0 Å². The first-order valence-electron chi connectivity index (χ1n) is 5.82. The van der Waals surface area contributed by atoms with Gasteiger partial charge in [-0.15, -0.1) is 0 Å². The Labute approximate surface area is 126 Å². The number of aryl methyl sites for hydroxylation is 1. The van der Waals surface area contributed by atoms with Crippen LogP contribution < -0.4 is 11.1 Å². The molecule has 0 aliphatic rings. The zero-order valence-corrected chi connectivity index (χ0v) is 12.9. The third-order valence-corrected chi connectivity index (χ3v) is 3.69. The molecular weight excluding hydrogens is 322 g/mol. The number of thiocarbonyl (C=S) groups is 1. The minimum atomic E-state index is 0.368. The summed E-state index contributed by atoms with van der Waals surface area (Å²) in [5.74, 6) is 0. The second-order valence-corrected chi connectivity index (χ2v) is 5.44. The van der Waals surface area contributed by atoms with Gasteiger partial charge >= 0.3 is 0 Å². The number of hydrogen-bond acceptors (Lipinski definition) is 3. The van der Waals surface area contributed by atoms with Crippen molar-refractivity contribution in [1.82, 2.24) is 4.98 Å². The molecule has 0 aliphatic heterocycles. The second kappa shape index (κ2) is 6.12. The Hall–Kier alpha value is -1.46. The Balaban J connectivity index is 2.23. The molecule has 5 heteroatoms. The molecule has 0 bridgehead atoms. The van der Waals surface area contributed by atoms with Crippen LogP contribution in [-0.4, -0.2) is 9.97 Å². The van der Waals surface area contributed by atoms with E-state index in [2.05, 4.69) is 26.2 Å². The first-order chi connectivity index (χ1) is 9.09. The number of benzene rings is 1. The zero-order chi connectivity index (χ0) is 13.8. The summed E-state index contributed by atoms with van der Waals surface area (Å²) < 4.78 is 0.891. The van der Waals surface area contributed by atoms with E-state index in [1.807, 2.05) is 37.3 Å². The molecule has 98 valence electrons. The molecule has 0 radical (unpaired) electrons. The standard InChI is InChI=1S/C14H14BrN3S/c1-9-4-3-7-17-12(9)8-18-11-6-2-5-10(15)13(11)14(16)19/h2-7,18H,8H2,1H3,(H2,16,19). The van der Waals surface area contributed by atoms with Gasteiger partial charge in [-0.3, -0.25) is 4.98 Å². The fourth-order valence-corrected chi connectivity index (χ4v) is 2.74. The predicted octanol–water partition coefficient (Wildman–Crippen LogP) is 3.40. The zero-order valence-electron chi connectivity index (χ0n) is 10.5. The maximum atomic E-state index is 5.76. The average Bonchev–Trinajstić information content (AvgIpc) is 2.37. The van der Waals surface area contributed by atoms with Gasteiger partial charge in [0.2, 0.25) is 0 Å². The second-order valence-electron chi connectivity index (χ2n) is 4.15. The van der Waals surface area contributed by atoms with Crippen LogP contribution >= 0.6 is 28.1 Å². The maximum absolute atomic E-state index is 5.76. The lowest BCUT2D eigenvalue weighted by atomic mass is 10.1. The highest BCUT2D eigenvalue weighted by Crippen LogP contribution is 2.25. The molecule has 0 atom stereocenters. The van der Waals surface area contributed by atoms with Crippen molar-refractivity contribution in [3.63, 3.8) is 0 Å². The minimum Gasteiger partial charge on any atom is -0.389 e. The van der Waals surface area contributed by atoms with Crippen LogP contribution in [0, 0.1) is 6.92 Å². The molecule has 0 saturated heterocycles. The normalized spacial score (nSPS) is 10.2. The van der Waals surface area contributed by atoms with Crippen LogP contribution in [0.3, 0.4) is 0 Å². The number of nitrogens with one attached hydrogen (secondary N) is 1. The fraction of sp³-hybridized carbons (Fsp3) is 0.143. The van der Waals surface area contributed by atoms with Crippen molar-refractivity contribution >= 4 is 38.8 Å². The third-order valence-electron chi connectivity index (χ3n) is 2.82. The van der Waals surface area contributed by atoms with E-state index in [0.717, 1.165) is 27.0 Å². The summed E-state index contributed by atoms with van der Waals surface area (Å²) in [5.41, 5.74) is 9.66. The van der Waals surface area contributed by atoms with Crippen molar-refractivity contribution in [1.29, 1.82) is 0 Å². The van der Waals surface area contributed by atoms with E-state index >= 15 is 0 Å². The van der Waals surface area contributed by atoms with Gasteiger partial charge in [0.15, 0.2) is 0 Å². The van der Waals surface area contributed by atoms with Crippen LogP contribution in [0.2, 0.25) is 0 Å². The number of nitrogens with zero attached hydrogens (tertiary/aromatic N) is 1. The Kier molecular flexibility index (Phi) is 4.50. The van der Waals surface area contributed by atoms with Crippen LogP contribution in [0.1, 0.15) is 16.8 Å². The minimum absolute atomic E-state index is 0.368. The molecule has 19 heavy (non-hydrogen) atoms. The highest BCUT2D eigenvalue weighted by Gasteiger charge is 2.09. The third kappa shape index (κ3) is 3.30. The summed E-state index contributed by atoms with van der Waals surface area (Å²) in [7, 11) is 0. The van der Waals surface area contributed by atoms with Gasteiger partial charge in [0.1, 0.15) is 4.99 Å². The van der Waals surface area contributed by atoms with E-state index < -0.39 is 0 Å². The fourth-order valence-electron chi connectivity index (χ4n) is 1.80.